The second kappa shape index (κ2) is 5.73. The molecule has 0 saturated heterocycles. The second-order valence-corrected chi connectivity index (χ2v) is 3.80. The third-order valence-corrected chi connectivity index (χ3v) is 2.10. The number of rotatable bonds is 5. The van der Waals surface area contributed by atoms with E-state index >= 15 is 0 Å². The molecule has 0 bridgehead atoms. The monoisotopic (exact) mass is 210 g/mol. The zero-order valence-corrected chi connectivity index (χ0v) is 9.23. The maximum Gasteiger partial charge on any atom is 0.119 e. The van der Waals surface area contributed by atoms with E-state index in [2.05, 4.69) is 0 Å². The molecule has 0 saturated carbocycles. The zero-order chi connectivity index (χ0) is 11.3. The van der Waals surface area contributed by atoms with E-state index in [0.717, 1.165) is 16.9 Å². The molecule has 1 atom stereocenters. The minimum atomic E-state index is -0.341. The number of benzene rings is 1. The first-order chi connectivity index (χ1) is 7.11. The minimum Gasteiger partial charge on any atom is -0.493 e. The van der Waals surface area contributed by atoms with Crippen molar-refractivity contribution in [1.82, 2.24) is 0 Å². The molecule has 0 fully saturated rings. The van der Waals surface area contributed by atoms with E-state index in [0.29, 0.717) is 13.0 Å². The van der Waals surface area contributed by atoms with Crippen molar-refractivity contribution in [2.24, 2.45) is 0 Å². The Kier molecular flexibility index (Phi) is 4.59. The van der Waals surface area contributed by atoms with Gasteiger partial charge in [-0.2, -0.15) is 0 Å². The van der Waals surface area contributed by atoms with Crippen LogP contribution in [0.2, 0.25) is 0 Å². The van der Waals surface area contributed by atoms with Crippen molar-refractivity contribution in [3.8, 4) is 5.75 Å². The molecule has 0 aromatic heterocycles. The molecule has 1 aromatic rings. The predicted octanol–water partition coefficient (Wildman–Crippen LogP) is 1.64. The topological polar surface area (TPSA) is 49.7 Å². The standard InChI is InChI=1S/C12H18O3/c1-9-5-11(8-13)7-12(6-9)15-4-3-10(2)14/h5-7,10,13-14H,3-4,8H2,1-2H3. The van der Waals surface area contributed by atoms with E-state index in [-0.39, 0.29) is 12.7 Å². The van der Waals surface area contributed by atoms with Gasteiger partial charge >= 0.3 is 0 Å². The van der Waals surface area contributed by atoms with Gasteiger partial charge in [0.2, 0.25) is 0 Å². The van der Waals surface area contributed by atoms with Gasteiger partial charge in [-0.3, -0.25) is 0 Å². The Morgan fingerprint density at radius 2 is 2.07 bits per heavy atom. The van der Waals surface area contributed by atoms with Crippen LogP contribution in [0.3, 0.4) is 0 Å². The van der Waals surface area contributed by atoms with E-state index in [1.807, 2.05) is 25.1 Å². The average molecular weight is 210 g/mol. The summed E-state index contributed by atoms with van der Waals surface area (Å²) in [4.78, 5) is 0. The summed E-state index contributed by atoms with van der Waals surface area (Å²) < 4.78 is 5.47. The van der Waals surface area contributed by atoms with E-state index in [1.54, 1.807) is 6.92 Å². The molecule has 3 nitrogen and oxygen atoms in total. The fourth-order valence-corrected chi connectivity index (χ4v) is 1.35. The Morgan fingerprint density at radius 1 is 1.33 bits per heavy atom. The van der Waals surface area contributed by atoms with Gasteiger partial charge in [-0.15, -0.1) is 0 Å². The van der Waals surface area contributed by atoms with Crippen LogP contribution >= 0.6 is 0 Å². The normalized spacial score (nSPS) is 12.5. The lowest BCUT2D eigenvalue weighted by molar-refractivity contribution is 0.155. The fourth-order valence-electron chi connectivity index (χ4n) is 1.35. The van der Waals surface area contributed by atoms with Crippen molar-refractivity contribution in [1.29, 1.82) is 0 Å². The van der Waals surface area contributed by atoms with Crippen molar-refractivity contribution >= 4 is 0 Å². The summed E-state index contributed by atoms with van der Waals surface area (Å²) in [7, 11) is 0. The third-order valence-electron chi connectivity index (χ3n) is 2.10. The minimum absolute atomic E-state index is 0.0223. The third kappa shape index (κ3) is 4.32. The Bertz CT molecular complexity index is 308. The van der Waals surface area contributed by atoms with Gasteiger partial charge < -0.3 is 14.9 Å². The van der Waals surface area contributed by atoms with Crippen molar-refractivity contribution in [2.75, 3.05) is 6.61 Å². The van der Waals surface area contributed by atoms with Gasteiger partial charge in [0.1, 0.15) is 5.75 Å². The quantitative estimate of drug-likeness (QED) is 0.776. The van der Waals surface area contributed by atoms with Crippen LogP contribution < -0.4 is 4.74 Å². The lowest BCUT2D eigenvalue weighted by Gasteiger charge is -2.09. The summed E-state index contributed by atoms with van der Waals surface area (Å²) in [6.45, 7) is 4.21. The number of hydrogen-bond acceptors (Lipinski definition) is 3. The van der Waals surface area contributed by atoms with Crippen molar-refractivity contribution in [2.45, 2.75) is 33.0 Å². The molecular formula is C12H18O3. The number of hydrogen-bond donors (Lipinski definition) is 2. The Morgan fingerprint density at radius 3 is 2.67 bits per heavy atom. The molecule has 84 valence electrons. The summed E-state index contributed by atoms with van der Waals surface area (Å²) in [6, 6.07) is 5.65. The maximum atomic E-state index is 9.07. The number of ether oxygens (including phenoxy) is 1. The second-order valence-electron chi connectivity index (χ2n) is 3.80. The maximum absolute atomic E-state index is 9.07. The molecule has 0 radical (unpaired) electrons. The van der Waals surface area contributed by atoms with Gasteiger partial charge in [0.25, 0.3) is 0 Å². The van der Waals surface area contributed by atoms with Crippen LogP contribution in [0.15, 0.2) is 18.2 Å². The van der Waals surface area contributed by atoms with Gasteiger partial charge in [0, 0.05) is 6.42 Å². The highest BCUT2D eigenvalue weighted by Crippen LogP contribution is 2.17. The van der Waals surface area contributed by atoms with E-state index in [4.69, 9.17) is 14.9 Å². The summed E-state index contributed by atoms with van der Waals surface area (Å²) in [5.74, 6) is 0.750. The molecule has 1 rings (SSSR count). The lowest BCUT2D eigenvalue weighted by atomic mass is 10.1. The van der Waals surface area contributed by atoms with Gasteiger partial charge in [-0.05, 0) is 37.1 Å². The molecule has 0 aliphatic heterocycles. The van der Waals surface area contributed by atoms with Crippen molar-refractivity contribution in [3.05, 3.63) is 29.3 Å². The Labute approximate surface area is 90.3 Å². The molecule has 15 heavy (non-hydrogen) atoms. The molecule has 0 heterocycles. The van der Waals surface area contributed by atoms with Crippen LogP contribution in [0.5, 0.6) is 5.75 Å². The molecule has 3 heteroatoms. The van der Waals surface area contributed by atoms with E-state index in [1.165, 1.54) is 0 Å². The number of aliphatic hydroxyl groups is 2. The lowest BCUT2D eigenvalue weighted by Crippen LogP contribution is -2.07. The Balaban J connectivity index is 2.56. The first-order valence-corrected chi connectivity index (χ1v) is 5.14. The van der Waals surface area contributed by atoms with Gasteiger partial charge in [-0.25, -0.2) is 0 Å². The predicted molar refractivity (Wildman–Crippen MR) is 58.9 cm³/mol. The van der Waals surface area contributed by atoms with Crippen LogP contribution in [0.4, 0.5) is 0 Å². The molecule has 0 aliphatic rings. The van der Waals surface area contributed by atoms with E-state index < -0.39 is 0 Å². The molecule has 2 N–H and O–H groups in total. The molecule has 0 amide bonds. The smallest absolute Gasteiger partial charge is 0.119 e. The van der Waals surface area contributed by atoms with Crippen LogP contribution in [-0.4, -0.2) is 22.9 Å². The summed E-state index contributed by atoms with van der Waals surface area (Å²) in [5.41, 5.74) is 1.91. The van der Waals surface area contributed by atoms with Gasteiger partial charge in [0.15, 0.2) is 0 Å². The van der Waals surface area contributed by atoms with Crippen LogP contribution in [0, 0.1) is 6.92 Å². The highest BCUT2D eigenvalue weighted by atomic mass is 16.5. The molecule has 0 aliphatic carbocycles. The van der Waals surface area contributed by atoms with Gasteiger partial charge in [-0.1, -0.05) is 6.07 Å². The number of aliphatic hydroxyl groups excluding tert-OH is 2. The van der Waals surface area contributed by atoms with Crippen molar-refractivity contribution < 1.29 is 14.9 Å². The van der Waals surface area contributed by atoms with E-state index in [9.17, 15) is 0 Å². The molecule has 0 spiro atoms. The fraction of sp³-hybridized carbons (Fsp3) is 0.500. The largest absolute Gasteiger partial charge is 0.493 e. The summed E-state index contributed by atoms with van der Waals surface area (Å²) in [6.07, 6.45) is 0.273. The summed E-state index contributed by atoms with van der Waals surface area (Å²) in [5, 5.41) is 18.1. The van der Waals surface area contributed by atoms with Crippen LogP contribution in [0.25, 0.3) is 0 Å². The molecule has 1 unspecified atom stereocenters. The number of aryl methyl sites for hydroxylation is 1. The SMILES string of the molecule is Cc1cc(CO)cc(OCCC(C)O)c1. The van der Waals surface area contributed by atoms with Crippen LogP contribution in [-0.2, 0) is 6.61 Å². The van der Waals surface area contributed by atoms with Crippen molar-refractivity contribution in [3.63, 3.8) is 0 Å². The summed E-state index contributed by atoms with van der Waals surface area (Å²) >= 11 is 0. The van der Waals surface area contributed by atoms with Crippen LogP contribution in [0.1, 0.15) is 24.5 Å². The Hall–Kier alpha value is -1.06. The first-order valence-electron chi connectivity index (χ1n) is 5.14. The highest BCUT2D eigenvalue weighted by Gasteiger charge is 2.00. The average Bonchev–Trinajstić information content (AvgIpc) is 2.16. The zero-order valence-electron chi connectivity index (χ0n) is 9.23. The highest BCUT2D eigenvalue weighted by molar-refractivity contribution is 5.33. The van der Waals surface area contributed by atoms with Gasteiger partial charge in [0.05, 0.1) is 19.3 Å². The molecule has 1 aromatic carbocycles. The first kappa shape index (κ1) is 12.0. The molecular weight excluding hydrogens is 192 g/mol.